The molecule has 0 saturated heterocycles. The molecule has 0 aliphatic carbocycles. The fourth-order valence-electron chi connectivity index (χ4n) is 2.10. The Morgan fingerprint density at radius 2 is 2.14 bits per heavy atom. The minimum Gasteiger partial charge on any atom is -0.338 e. The van der Waals surface area contributed by atoms with Crippen LogP contribution in [0.15, 0.2) is 16.9 Å². The van der Waals surface area contributed by atoms with Crippen LogP contribution in [0.1, 0.15) is 31.3 Å². The van der Waals surface area contributed by atoms with Crippen molar-refractivity contribution in [2.45, 2.75) is 39.9 Å². The van der Waals surface area contributed by atoms with Crippen LogP contribution in [0.4, 0.5) is 0 Å². The lowest BCUT2D eigenvalue weighted by Crippen LogP contribution is -2.33. The molecule has 0 aliphatic heterocycles. The Morgan fingerprint density at radius 1 is 1.45 bits per heavy atom. The number of likely N-dealkylation sites (N-methyl/N-ethyl adjacent to an activating group) is 1. The first-order valence-corrected chi connectivity index (χ1v) is 8.18. The highest BCUT2D eigenvalue weighted by molar-refractivity contribution is 9.10. The average molecular weight is 389 g/mol. The molecule has 2 heterocycles. The number of halogens is 2. The lowest BCUT2D eigenvalue weighted by molar-refractivity contribution is -0.133. The SMILES string of the molecule is CCn1cc(Cl)c(CN(C)C(=O)C(C)n2cc(Br)c(C)n2)n1. The first-order chi connectivity index (χ1) is 10.3. The van der Waals surface area contributed by atoms with Crippen LogP contribution in [-0.2, 0) is 17.9 Å². The lowest BCUT2D eigenvalue weighted by atomic mass is 10.3. The summed E-state index contributed by atoms with van der Waals surface area (Å²) in [4.78, 5) is 14.1. The molecular formula is C14H19BrClN5O. The molecule has 2 aromatic heterocycles. The minimum atomic E-state index is -0.387. The molecular weight excluding hydrogens is 370 g/mol. The second-order valence-corrected chi connectivity index (χ2v) is 6.45. The highest BCUT2D eigenvalue weighted by Gasteiger charge is 2.22. The summed E-state index contributed by atoms with van der Waals surface area (Å²) >= 11 is 9.55. The van der Waals surface area contributed by atoms with Crippen molar-refractivity contribution in [3.05, 3.63) is 33.3 Å². The number of aryl methyl sites for hydroxylation is 2. The van der Waals surface area contributed by atoms with Gasteiger partial charge in [-0.1, -0.05) is 11.6 Å². The second kappa shape index (κ2) is 6.83. The number of nitrogens with zero attached hydrogens (tertiary/aromatic N) is 5. The molecule has 6 nitrogen and oxygen atoms in total. The van der Waals surface area contributed by atoms with E-state index in [9.17, 15) is 4.79 Å². The molecule has 2 aromatic rings. The Bertz CT molecular complexity index is 661. The normalized spacial score (nSPS) is 12.5. The smallest absolute Gasteiger partial charge is 0.247 e. The van der Waals surface area contributed by atoms with E-state index in [1.165, 1.54) is 0 Å². The minimum absolute atomic E-state index is 0.0443. The summed E-state index contributed by atoms with van der Waals surface area (Å²) in [6, 6.07) is -0.387. The van der Waals surface area contributed by atoms with E-state index in [2.05, 4.69) is 26.1 Å². The molecule has 22 heavy (non-hydrogen) atoms. The van der Waals surface area contributed by atoms with Gasteiger partial charge in [0.25, 0.3) is 0 Å². The molecule has 1 unspecified atom stereocenters. The van der Waals surface area contributed by atoms with Gasteiger partial charge < -0.3 is 4.90 Å². The molecule has 0 fully saturated rings. The van der Waals surface area contributed by atoms with Gasteiger partial charge in [-0.05, 0) is 36.7 Å². The number of carbonyl (C=O) groups excluding carboxylic acids is 1. The molecule has 0 radical (unpaired) electrons. The van der Waals surface area contributed by atoms with Crippen molar-refractivity contribution in [2.75, 3.05) is 7.05 Å². The maximum atomic E-state index is 12.5. The van der Waals surface area contributed by atoms with Gasteiger partial charge >= 0.3 is 0 Å². The van der Waals surface area contributed by atoms with E-state index in [0.29, 0.717) is 17.3 Å². The Balaban J connectivity index is 2.09. The van der Waals surface area contributed by atoms with Crippen LogP contribution in [0.3, 0.4) is 0 Å². The van der Waals surface area contributed by atoms with Crippen LogP contribution in [0.5, 0.6) is 0 Å². The van der Waals surface area contributed by atoms with Crippen LogP contribution in [0.25, 0.3) is 0 Å². The monoisotopic (exact) mass is 387 g/mol. The Morgan fingerprint density at radius 3 is 2.64 bits per heavy atom. The summed E-state index contributed by atoms with van der Waals surface area (Å²) < 4.78 is 4.30. The molecule has 1 atom stereocenters. The molecule has 0 saturated carbocycles. The number of rotatable bonds is 5. The van der Waals surface area contributed by atoms with E-state index in [1.54, 1.807) is 27.5 Å². The van der Waals surface area contributed by atoms with Crippen molar-refractivity contribution in [3.63, 3.8) is 0 Å². The zero-order chi connectivity index (χ0) is 16.4. The van der Waals surface area contributed by atoms with Crippen molar-refractivity contribution < 1.29 is 4.79 Å². The van der Waals surface area contributed by atoms with Crippen molar-refractivity contribution in [2.24, 2.45) is 0 Å². The number of carbonyl (C=O) groups is 1. The number of hydrogen-bond donors (Lipinski definition) is 0. The largest absolute Gasteiger partial charge is 0.338 e. The van der Waals surface area contributed by atoms with Crippen molar-refractivity contribution in [1.29, 1.82) is 0 Å². The lowest BCUT2D eigenvalue weighted by Gasteiger charge is -2.21. The van der Waals surface area contributed by atoms with Crippen molar-refractivity contribution in [1.82, 2.24) is 24.5 Å². The summed E-state index contributed by atoms with van der Waals surface area (Å²) in [5.74, 6) is -0.0443. The standard InChI is InChI=1S/C14H19BrClN5O/c1-5-20-7-12(16)13(18-20)8-19(4)14(22)10(3)21-6-11(15)9(2)17-21/h6-7,10H,5,8H2,1-4H3. The Kier molecular flexibility index (Phi) is 5.28. The zero-order valence-electron chi connectivity index (χ0n) is 13.0. The second-order valence-electron chi connectivity index (χ2n) is 5.19. The van der Waals surface area contributed by atoms with E-state index in [1.807, 2.05) is 27.0 Å². The predicted octanol–water partition coefficient (Wildman–Crippen LogP) is 3.04. The zero-order valence-corrected chi connectivity index (χ0v) is 15.4. The average Bonchev–Trinajstić information content (AvgIpc) is 3.01. The molecule has 0 aromatic carbocycles. The predicted molar refractivity (Wildman–Crippen MR) is 88.8 cm³/mol. The van der Waals surface area contributed by atoms with Gasteiger partial charge in [-0.25, -0.2) is 0 Å². The van der Waals surface area contributed by atoms with Gasteiger partial charge in [0.2, 0.25) is 5.91 Å². The molecule has 0 N–H and O–H groups in total. The van der Waals surface area contributed by atoms with E-state index >= 15 is 0 Å². The van der Waals surface area contributed by atoms with Gasteiger partial charge in [0.05, 0.1) is 21.7 Å². The number of amides is 1. The molecule has 0 spiro atoms. The fraction of sp³-hybridized carbons (Fsp3) is 0.500. The molecule has 120 valence electrons. The van der Waals surface area contributed by atoms with Crippen LogP contribution in [0.2, 0.25) is 5.02 Å². The summed E-state index contributed by atoms with van der Waals surface area (Å²) in [6.07, 6.45) is 3.58. The summed E-state index contributed by atoms with van der Waals surface area (Å²) in [6.45, 7) is 6.81. The molecule has 0 bridgehead atoms. The van der Waals surface area contributed by atoms with Gasteiger partial charge in [0.15, 0.2) is 0 Å². The van der Waals surface area contributed by atoms with Crippen LogP contribution in [-0.4, -0.2) is 37.4 Å². The maximum Gasteiger partial charge on any atom is 0.247 e. The Labute approximate surface area is 143 Å². The van der Waals surface area contributed by atoms with E-state index < -0.39 is 0 Å². The fourth-order valence-corrected chi connectivity index (χ4v) is 2.60. The highest BCUT2D eigenvalue weighted by Crippen LogP contribution is 2.20. The molecule has 2 rings (SSSR count). The van der Waals surface area contributed by atoms with Crippen LogP contribution >= 0.6 is 27.5 Å². The third kappa shape index (κ3) is 3.52. The van der Waals surface area contributed by atoms with Gasteiger partial charge in [0, 0.05) is 26.0 Å². The Hall–Kier alpha value is -1.34. The van der Waals surface area contributed by atoms with E-state index in [-0.39, 0.29) is 11.9 Å². The molecule has 0 aliphatic rings. The number of aromatic nitrogens is 4. The van der Waals surface area contributed by atoms with Gasteiger partial charge in [0.1, 0.15) is 11.7 Å². The van der Waals surface area contributed by atoms with Gasteiger partial charge in [-0.3, -0.25) is 14.2 Å². The van der Waals surface area contributed by atoms with Gasteiger partial charge in [-0.2, -0.15) is 10.2 Å². The van der Waals surface area contributed by atoms with Crippen LogP contribution < -0.4 is 0 Å². The number of hydrogen-bond acceptors (Lipinski definition) is 3. The topological polar surface area (TPSA) is 56.0 Å². The molecule has 8 heteroatoms. The van der Waals surface area contributed by atoms with Crippen molar-refractivity contribution >= 4 is 33.4 Å². The first kappa shape index (κ1) is 17.0. The summed E-state index contributed by atoms with van der Waals surface area (Å²) in [5.41, 5.74) is 1.55. The van der Waals surface area contributed by atoms with Crippen molar-refractivity contribution in [3.8, 4) is 0 Å². The summed E-state index contributed by atoms with van der Waals surface area (Å²) in [5, 5.41) is 9.27. The third-order valence-corrected chi connectivity index (χ3v) is 4.58. The first-order valence-electron chi connectivity index (χ1n) is 7.01. The molecule has 1 amide bonds. The maximum absolute atomic E-state index is 12.5. The van der Waals surface area contributed by atoms with Crippen LogP contribution in [0, 0.1) is 6.92 Å². The third-order valence-electron chi connectivity index (χ3n) is 3.49. The van der Waals surface area contributed by atoms with E-state index in [4.69, 9.17) is 11.6 Å². The highest BCUT2D eigenvalue weighted by atomic mass is 79.9. The van der Waals surface area contributed by atoms with Gasteiger partial charge in [-0.15, -0.1) is 0 Å². The summed E-state index contributed by atoms with van der Waals surface area (Å²) in [7, 11) is 1.74. The van der Waals surface area contributed by atoms with E-state index in [0.717, 1.165) is 16.7 Å². The quantitative estimate of drug-likeness (QED) is 0.791.